The van der Waals surface area contributed by atoms with Crippen LogP contribution in [0.3, 0.4) is 0 Å². The minimum absolute atomic E-state index is 0.0610. The van der Waals surface area contributed by atoms with Crippen LogP contribution in [0.2, 0.25) is 0 Å². The van der Waals surface area contributed by atoms with Gasteiger partial charge in [0.2, 0.25) is 0 Å². The second-order valence-corrected chi connectivity index (χ2v) is 3.46. The largest absolute Gasteiger partial charge is 0.465 e. The van der Waals surface area contributed by atoms with E-state index in [0.29, 0.717) is 0 Å². The standard InChI is InChI=1S/C8H6F2INO2/c1-14-8(13)5-3-12-2-4(6(5)11)7(9)10/h2-3,7H,1H3. The second kappa shape index (κ2) is 4.63. The number of ether oxygens (including phenoxy) is 1. The van der Waals surface area contributed by atoms with Crippen LogP contribution in [0.5, 0.6) is 0 Å². The third kappa shape index (κ3) is 2.17. The molecule has 76 valence electrons. The summed E-state index contributed by atoms with van der Waals surface area (Å²) in [5.74, 6) is -0.663. The number of alkyl halides is 2. The van der Waals surface area contributed by atoms with Gasteiger partial charge in [-0.2, -0.15) is 0 Å². The lowest BCUT2D eigenvalue weighted by molar-refractivity contribution is 0.0598. The first-order valence-corrected chi connectivity index (χ1v) is 4.65. The van der Waals surface area contributed by atoms with Crippen molar-refractivity contribution in [2.24, 2.45) is 0 Å². The number of methoxy groups -OCH3 is 1. The van der Waals surface area contributed by atoms with E-state index in [1.54, 1.807) is 22.6 Å². The monoisotopic (exact) mass is 313 g/mol. The Kier molecular flexibility index (Phi) is 3.73. The van der Waals surface area contributed by atoms with Crippen LogP contribution in [-0.4, -0.2) is 18.1 Å². The van der Waals surface area contributed by atoms with Crippen molar-refractivity contribution in [3.05, 3.63) is 27.1 Å². The first-order valence-electron chi connectivity index (χ1n) is 3.57. The average Bonchev–Trinajstić information content (AvgIpc) is 2.16. The summed E-state index contributed by atoms with van der Waals surface area (Å²) in [6.45, 7) is 0. The van der Waals surface area contributed by atoms with Crippen molar-refractivity contribution in [1.82, 2.24) is 4.98 Å². The molecule has 0 aromatic carbocycles. The fraction of sp³-hybridized carbons (Fsp3) is 0.250. The Morgan fingerprint density at radius 1 is 1.57 bits per heavy atom. The van der Waals surface area contributed by atoms with E-state index in [0.717, 1.165) is 6.20 Å². The molecule has 0 saturated carbocycles. The Balaban J connectivity index is 3.20. The van der Waals surface area contributed by atoms with Gasteiger partial charge in [0.15, 0.2) is 0 Å². The molecule has 0 unspecified atom stereocenters. The van der Waals surface area contributed by atoms with Crippen LogP contribution < -0.4 is 0 Å². The zero-order chi connectivity index (χ0) is 10.7. The van der Waals surface area contributed by atoms with Crippen LogP contribution in [0.25, 0.3) is 0 Å². The molecule has 0 aliphatic carbocycles. The minimum atomic E-state index is -2.64. The van der Waals surface area contributed by atoms with E-state index in [1.807, 2.05) is 0 Å². The number of hydrogen-bond acceptors (Lipinski definition) is 3. The van der Waals surface area contributed by atoms with Gasteiger partial charge >= 0.3 is 5.97 Å². The van der Waals surface area contributed by atoms with Crippen molar-refractivity contribution < 1.29 is 18.3 Å². The van der Waals surface area contributed by atoms with Crippen LogP contribution in [-0.2, 0) is 4.74 Å². The van der Waals surface area contributed by atoms with Gasteiger partial charge in [-0.1, -0.05) is 0 Å². The number of carbonyl (C=O) groups excluding carboxylic acids is 1. The maximum atomic E-state index is 12.4. The quantitative estimate of drug-likeness (QED) is 0.622. The van der Waals surface area contributed by atoms with Gasteiger partial charge in [-0.25, -0.2) is 13.6 Å². The molecule has 0 fully saturated rings. The number of hydrogen-bond donors (Lipinski definition) is 0. The number of rotatable bonds is 2. The summed E-state index contributed by atoms with van der Waals surface area (Å²) in [6, 6.07) is 0. The van der Waals surface area contributed by atoms with E-state index in [1.165, 1.54) is 13.3 Å². The smallest absolute Gasteiger partial charge is 0.340 e. The van der Waals surface area contributed by atoms with Crippen LogP contribution >= 0.6 is 22.6 Å². The molecule has 0 N–H and O–H groups in total. The zero-order valence-corrected chi connectivity index (χ0v) is 9.29. The molecule has 0 saturated heterocycles. The van der Waals surface area contributed by atoms with Crippen molar-refractivity contribution >= 4 is 28.6 Å². The highest BCUT2D eigenvalue weighted by Crippen LogP contribution is 2.25. The van der Waals surface area contributed by atoms with Gasteiger partial charge in [0.1, 0.15) is 0 Å². The van der Waals surface area contributed by atoms with Crippen LogP contribution in [0, 0.1) is 3.57 Å². The van der Waals surface area contributed by atoms with Gasteiger partial charge in [-0.05, 0) is 22.6 Å². The maximum Gasteiger partial charge on any atom is 0.340 e. The summed E-state index contributed by atoms with van der Waals surface area (Å²) in [5.41, 5.74) is -0.195. The summed E-state index contributed by atoms with van der Waals surface area (Å²) in [7, 11) is 1.19. The number of carbonyl (C=O) groups is 1. The number of esters is 1. The van der Waals surface area contributed by atoms with Crippen LogP contribution in [0.4, 0.5) is 8.78 Å². The van der Waals surface area contributed by atoms with E-state index in [9.17, 15) is 13.6 Å². The topological polar surface area (TPSA) is 39.2 Å². The van der Waals surface area contributed by atoms with Crippen molar-refractivity contribution in [3.8, 4) is 0 Å². The maximum absolute atomic E-state index is 12.4. The van der Waals surface area contributed by atoms with E-state index >= 15 is 0 Å². The molecule has 1 aromatic heterocycles. The lowest BCUT2D eigenvalue weighted by Gasteiger charge is -2.06. The number of pyridine rings is 1. The molecule has 0 amide bonds. The third-order valence-corrected chi connectivity index (χ3v) is 2.75. The fourth-order valence-electron chi connectivity index (χ4n) is 0.865. The lowest BCUT2D eigenvalue weighted by atomic mass is 10.2. The molecule has 1 heterocycles. The highest BCUT2D eigenvalue weighted by molar-refractivity contribution is 14.1. The third-order valence-electron chi connectivity index (χ3n) is 1.55. The van der Waals surface area contributed by atoms with Gasteiger partial charge in [0, 0.05) is 16.0 Å². The summed E-state index contributed by atoms with van der Waals surface area (Å²) in [6.07, 6.45) is -0.391. The van der Waals surface area contributed by atoms with Crippen LogP contribution in [0.1, 0.15) is 22.3 Å². The minimum Gasteiger partial charge on any atom is -0.465 e. The van der Waals surface area contributed by atoms with E-state index in [4.69, 9.17) is 0 Å². The summed E-state index contributed by atoms with van der Waals surface area (Å²) < 4.78 is 29.4. The van der Waals surface area contributed by atoms with Gasteiger partial charge < -0.3 is 4.74 Å². The summed E-state index contributed by atoms with van der Waals surface area (Å²) >= 11 is 1.67. The molecule has 0 aliphatic rings. The zero-order valence-electron chi connectivity index (χ0n) is 7.13. The molecule has 1 rings (SSSR count). The Labute approximate surface area is 92.6 Å². The van der Waals surface area contributed by atoms with Crippen molar-refractivity contribution in [1.29, 1.82) is 0 Å². The average molecular weight is 313 g/mol. The first-order chi connectivity index (χ1) is 6.57. The Morgan fingerprint density at radius 2 is 2.21 bits per heavy atom. The van der Waals surface area contributed by atoms with Crippen molar-refractivity contribution in [3.63, 3.8) is 0 Å². The highest BCUT2D eigenvalue weighted by Gasteiger charge is 2.18. The fourth-order valence-corrected chi connectivity index (χ4v) is 1.60. The summed E-state index contributed by atoms with van der Waals surface area (Å²) in [5, 5.41) is 0. The Hall–Kier alpha value is -0.790. The normalized spacial score (nSPS) is 10.4. The predicted molar refractivity (Wildman–Crippen MR) is 53.3 cm³/mol. The Bertz CT molecular complexity index is 357. The van der Waals surface area contributed by atoms with E-state index in [-0.39, 0.29) is 14.7 Å². The van der Waals surface area contributed by atoms with Gasteiger partial charge in [0.25, 0.3) is 6.43 Å². The number of aromatic nitrogens is 1. The van der Waals surface area contributed by atoms with E-state index < -0.39 is 12.4 Å². The van der Waals surface area contributed by atoms with Crippen molar-refractivity contribution in [2.75, 3.05) is 7.11 Å². The van der Waals surface area contributed by atoms with Crippen molar-refractivity contribution in [2.45, 2.75) is 6.43 Å². The van der Waals surface area contributed by atoms with E-state index in [2.05, 4.69) is 9.72 Å². The summed E-state index contributed by atoms with van der Waals surface area (Å²) in [4.78, 5) is 14.6. The molecule has 14 heavy (non-hydrogen) atoms. The van der Waals surface area contributed by atoms with Gasteiger partial charge in [0.05, 0.1) is 18.2 Å². The second-order valence-electron chi connectivity index (χ2n) is 2.38. The Morgan fingerprint density at radius 3 is 2.71 bits per heavy atom. The lowest BCUT2D eigenvalue weighted by Crippen LogP contribution is -2.07. The molecule has 3 nitrogen and oxygen atoms in total. The molecule has 0 atom stereocenters. The molecule has 0 bridgehead atoms. The molecule has 0 aliphatic heterocycles. The molecule has 0 radical (unpaired) electrons. The molecule has 1 aromatic rings. The number of nitrogens with zero attached hydrogens (tertiary/aromatic N) is 1. The molecule has 6 heteroatoms. The SMILES string of the molecule is COC(=O)c1cncc(C(F)F)c1I. The predicted octanol–water partition coefficient (Wildman–Crippen LogP) is 2.41. The highest BCUT2D eigenvalue weighted by atomic mass is 127. The van der Waals surface area contributed by atoms with Gasteiger partial charge in [-0.3, -0.25) is 4.98 Å². The number of halogens is 3. The van der Waals surface area contributed by atoms with Crippen LogP contribution in [0.15, 0.2) is 12.4 Å². The first kappa shape index (κ1) is 11.3. The molecule has 0 spiro atoms. The van der Waals surface area contributed by atoms with Gasteiger partial charge in [-0.15, -0.1) is 0 Å². The molecular formula is C8H6F2INO2. The molecular weight excluding hydrogens is 307 g/mol.